The second kappa shape index (κ2) is 6.53. The highest BCUT2D eigenvalue weighted by Crippen LogP contribution is 2.37. The summed E-state index contributed by atoms with van der Waals surface area (Å²) < 4.78 is 5.17. The first kappa shape index (κ1) is 15.6. The van der Waals surface area contributed by atoms with Crippen molar-refractivity contribution >= 4 is 39.2 Å². The topological polar surface area (TPSA) is 104 Å². The number of aromatic nitrogens is 2. The summed E-state index contributed by atoms with van der Waals surface area (Å²) in [5.41, 5.74) is 2.21. The molecule has 0 spiro atoms. The molecule has 7 nitrogen and oxygen atoms in total. The molecule has 8 heteroatoms. The van der Waals surface area contributed by atoms with Crippen molar-refractivity contribution in [3.63, 3.8) is 0 Å². The van der Waals surface area contributed by atoms with Crippen molar-refractivity contribution in [2.45, 2.75) is 25.7 Å². The van der Waals surface area contributed by atoms with Crippen LogP contribution in [-0.4, -0.2) is 22.6 Å². The molecule has 3 heterocycles. The Bertz CT molecular complexity index is 985. The van der Waals surface area contributed by atoms with Crippen molar-refractivity contribution in [3.8, 4) is 6.07 Å². The van der Waals surface area contributed by atoms with Crippen molar-refractivity contribution in [2.75, 3.05) is 17.2 Å². The van der Waals surface area contributed by atoms with Crippen LogP contribution in [-0.2, 0) is 17.6 Å². The van der Waals surface area contributed by atoms with Gasteiger partial charge in [-0.1, -0.05) is 5.16 Å². The van der Waals surface area contributed by atoms with Crippen molar-refractivity contribution in [2.24, 2.45) is 0 Å². The second-order valence-corrected chi connectivity index (χ2v) is 6.92. The summed E-state index contributed by atoms with van der Waals surface area (Å²) in [6.45, 7) is 0.0205. The zero-order valence-corrected chi connectivity index (χ0v) is 14.2. The second-order valence-electron chi connectivity index (χ2n) is 5.81. The minimum Gasteiger partial charge on any atom is -0.344 e. The molecule has 25 heavy (non-hydrogen) atoms. The molecule has 1 aliphatic carbocycles. The lowest BCUT2D eigenvalue weighted by Crippen LogP contribution is -2.21. The smallest absolute Gasteiger partial charge is 0.244 e. The van der Waals surface area contributed by atoms with E-state index in [-0.39, 0.29) is 12.5 Å². The summed E-state index contributed by atoms with van der Waals surface area (Å²) in [5, 5.41) is 20.4. The number of thiophene rings is 1. The first-order valence-corrected chi connectivity index (χ1v) is 8.86. The molecule has 0 saturated heterocycles. The standard InChI is InChI=1S/C17H15N5O2S/c18-8-12-10-4-1-2-6-13(10)25-17(12)21-14(23)9-20-16-11-5-3-7-19-15(11)22-24-16/h3,5,7,20H,1-2,4,6,9H2,(H,21,23). The third-order valence-electron chi connectivity index (χ3n) is 4.20. The van der Waals surface area contributed by atoms with Crippen LogP contribution in [0.5, 0.6) is 0 Å². The average molecular weight is 353 g/mol. The summed E-state index contributed by atoms with van der Waals surface area (Å²) in [5.74, 6) is 0.174. The van der Waals surface area contributed by atoms with Crippen LogP contribution in [0.1, 0.15) is 28.8 Å². The van der Waals surface area contributed by atoms with E-state index in [1.807, 2.05) is 6.07 Å². The molecule has 0 aromatic carbocycles. The Morgan fingerprint density at radius 3 is 3.16 bits per heavy atom. The molecule has 1 aliphatic rings. The van der Waals surface area contributed by atoms with Gasteiger partial charge in [0.15, 0.2) is 0 Å². The van der Waals surface area contributed by atoms with E-state index in [2.05, 4.69) is 26.8 Å². The molecule has 0 bridgehead atoms. The molecule has 0 fully saturated rings. The fourth-order valence-electron chi connectivity index (χ4n) is 3.02. The summed E-state index contributed by atoms with van der Waals surface area (Å²) in [7, 11) is 0. The lowest BCUT2D eigenvalue weighted by molar-refractivity contribution is -0.114. The Morgan fingerprint density at radius 2 is 2.28 bits per heavy atom. The van der Waals surface area contributed by atoms with Crippen LogP contribution in [0.4, 0.5) is 10.9 Å². The fraction of sp³-hybridized carbons (Fsp3) is 0.294. The third kappa shape index (κ3) is 2.94. The average Bonchev–Trinajstić information content (AvgIpc) is 3.20. The van der Waals surface area contributed by atoms with Gasteiger partial charge in [-0.3, -0.25) is 4.79 Å². The normalized spacial score (nSPS) is 13.2. The van der Waals surface area contributed by atoms with Crippen molar-refractivity contribution in [1.29, 1.82) is 5.26 Å². The molecule has 0 unspecified atom stereocenters. The SMILES string of the molecule is N#Cc1c(NC(=O)CNc2onc3ncccc23)sc2c1CCCC2. The predicted octanol–water partition coefficient (Wildman–Crippen LogP) is 3.09. The summed E-state index contributed by atoms with van der Waals surface area (Å²) >= 11 is 1.51. The number of nitrogens with zero attached hydrogens (tertiary/aromatic N) is 3. The Kier molecular flexibility index (Phi) is 4.07. The van der Waals surface area contributed by atoms with Gasteiger partial charge in [-0.2, -0.15) is 5.26 Å². The lowest BCUT2D eigenvalue weighted by Gasteiger charge is -2.09. The molecule has 0 atom stereocenters. The molecule has 0 radical (unpaired) electrons. The minimum atomic E-state index is -0.233. The van der Waals surface area contributed by atoms with E-state index in [9.17, 15) is 10.1 Å². The van der Waals surface area contributed by atoms with Gasteiger partial charge in [-0.25, -0.2) is 4.98 Å². The van der Waals surface area contributed by atoms with E-state index in [4.69, 9.17) is 4.52 Å². The number of nitriles is 1. The zero-order valence-electron chi connectivity index (χ0n) is 13.3. The Balaban J connectivity index is 1.46. The van der Waals surface area contributed by atoms with Crippen LogP contribution in [0.2, 0.25) is 0 Å². The first-order chi connectivity index (χ1) is 12.3. The van der Waals surface area contributed by atoms with E-state index >= 15 is 0 Å². The quantitative estimate of drug-likeness (QED) is 0.747. The molecular weight excluding hydrogens is 338 g/mol. The van der Waals surface area contributed by atoms with Crippen LogP contribution in [0.15, 0.2) is 22.9 Å². The Morgan fingerprint density at radius 1 is 1.40 bits per heavy atom. The molecule has 1 amide bonds. The van der Waals surface area contributed by atoms with Gasteiger partial charge >= 0.3 is 0 Å². The number of anilines is 2. The summed E-state index contributed by atoms with van der Waals surface area (Å²) in [6.07, 6.45) is 5.77. The largest absolute Gasteiger partial charge is 0.344 e. The highest BCUT2D eigenvalue weighted by Gasteiger charge is 2.21. The number of fused-ring (bicyclic) bond motifs is 2. The number of rotatable bonds is 4. The minimum absolute atomic E-state index is 0.0205. The predicted molar refractivity (Wildman–Crippen MR) is 94.6 cm³/mol. The Hall–Kier alpha value is -2.92. The van der Waals surface area contributed by atoms with Gasteiger partial charge in [0.1, 0.15) is 11.1 Å². The summed E-state index contributed by atoms with van der Waals surface area (Å²) in [4.78, 5) is 17.6. The van der Waals surface area contributed by atoms with Crippen molar-refractivity contribution in [3.05, 3.63) is 34.3 Å². The van der Waals surface area contributed by atoms with Gasteiger partial charge < -0.3 is 15.2 Å². The van der Waals surface area contributed by atoms with E-state index in [0.717, 1.165) is 36.6 Å². The summed E-state index contributed by atoms with van der Waals surface area (Å²) in [6, 6.07) is 5.84. The van der Waals surface area contributed by atoms with Crippen LogP contribution < -0.4 is 10.6 Å². The van der Waals surface area contributed by atoms with Crippen LogP contribution in [0.3, 0.4) is 0 Å². The molecule has 3 aromatic rings. The number of amides is 1. The molecule has 126 valence electrons. The molecule has 2 N–H and O–H groups in total. The van der Waals surface area contributed by atoms with Gasteiger partial charge in [-0.15, -0.1) is 11.3 Å². The van der Waals surface area contributed by atoms with E-state index in [1.54, 1.807) is 12.3 Å². The number of hydrogen-bond donors (Lipinski definition) is 2. The van der Waals surface area contributed by atoms with Crippen molar-refractivity contribution in [1.82, 2.24) is 10.1 Å². The maximum Gasteiger partial charge on any atom is 0.244 e. The lowest BCUT2D eigenvalue weighted by atomic mass is 9.96. The monoisotopic (exact) mass is 353 g/mol. The molecular formula is C17H15N5O2S. The van der Waals surface area contributed by atoms with E-state index in [0.29, 0.717) is 22.1 Å². The molecule has 3 aromatic heterocycles. The number of hydrogen-bond acceptors (Lipinski definition) is 7. The highest BCUT2D eigenvalue weighted by molar-refractivity contribution is 7.16. The highest BCUT2D eigenvalue weighted by atomic mass is 32.1. The fourth-order valence-corrected chi connectivity index (χ4v) is 4.27. The van der Waals surface area contributed by atoms with Gasteiger partial charge in [0.05, 0.1) is 17.5 Å². The zero-order chi connectivity index (χ0) is 17.2. The first-order valence-electron chi connectivity index (χ1n) is 8.05. The third-order valence-corrected chi connectivity index (χ3v) is 5.41. The molecule has 4 rings (SSSR count). The van der Waals surface area contributed by atoms with Gasteiger partial charge in [0.2, 0.25) is 17.4 Å². The van der Waals surface area contributed by atoms with Crippen molar-refractivity contribution < 1.29 is 9.32 Å². The number of pyridine rings is 1. The number of nitrogens with one attached hydrogen (secondary N) is 2. The van der Waals surface area contributed by atoms with E-state index < -0.39 is 0 Å². The number of carbonyl (C=O) groups excluding carboxylic acids is 1. The number of aryl methyl sites for hydroxylation is 1. The molecule has 0 saturated carbocycles. The van der Waals surface area contributed by atoms with E-state index in [1.165, 1.54) is 16.2 Å². The van der Waals surface area contributed by atoms with Crippen LogP contribution in [0, 0.1) is 11.3 Å². The number of carbonyl (C=O) groups is 1. The van der Waals surface area contributed by atoms with Gasteiger partial charge in [-0.05, 0) is 43.4 Å². The maximum absolute atomic E-state index is 12.3. The van der Waals surface area contributed by atoms with Crippen LogP contribution in [0.25, 0.3) is 11.0 Å². The molecule has 0 aliphatic heterocycles. The van der Waals surface area contributed by atoms with Gasteiger partial charge in [0.25, 0.3) is 0 Å². The Labute approximate surface area is 147 Å². The van der Waals surface area contributed by atoms with Gasteiger partial charge in [0, 0.05) is 11.1 Å². The maximum atomic E-state index is 12.3. The van der Waals surface area contributed by atoms with Crippen LogP contribution >= 0.6 is 11.3 Å².